The van der Waals surface area contributed by atoms with E-state index in [0.717, 1.165) is 0 Å². The van der Waals surface area contributed by atoms with Gasteiger partial charge in [-0.2, -0.15) is 9.40 Å². The van der Waals surface area contributed by atoms with Crippen molar-refractivity contribution in [3.63, 3.8) is 0 Å². The molecule has 0 aliphatic carbocycles. The molecule has 1 aliphatic heterocycles. The number of halogens is 1. The fourth-order valence-corrected chi connectivity index (χ4v) is 4.54. The number of aromatic nitrogens is 2. The van der Waals surface area contributed by atoms with E-state index in [1.165, 1.54) is 15.2 Å². The lowest BCUT2D eigenvalue weighted by atomic mass is 10.1. The van der Waals surface area contributed by atoms with Gasteiger partial charge >= 0.3 is 5.97 Å². The second-order valence-corrected chi connectivity index (χ2v) is 8.01. The zero-order valence-corrected chi connectivity index (χ0v) is 14.5. The van der Waals surface area contributed by atoms with Crippen molar-refractivity contribution in [1.82, 2.24) is 14.1 Å². The van der Waals surface area contributed by atoms with Crippen LogP contribution < -0.4 is 0 Å². The van der Waals surface area contributed by atoms with Crippen molar-refractivity contribution >= 4 is 27.6 Å². The number of benzene rings is 1. The Balaban J connectivity index is 1.93. The quantitative estimate of drug-likeness (QED) is 0.888. The highest BCUT2D eigenvalue weighted by molar-refractivity contribution is 7.89. The third-order valence-electron chi connectivity index (χ3n) is 4.15. The first-order chi connectivity index (χ1) is 11.3. The molecule has 0 bridgehead atoms. The van der Waals surface area contributed by atoms with E-state index in [4.69, 9.17) is 16.7 Å². The molecule has 1 aromatic carbocycles. The third-order valence-corrected chi connectivity index (χ3v) is 6.37. The maximum Gasteiger partial charge on any atom is 0.307 e. The van der Waals surface area contributed by atoms with Gasteiger partial charge in [0.25, 0.3) is 0 Å². The number of hydrogen-bond acceptors (Lipinski definition) is 4. The van der Waals surface area contributed by atoms with Crippen molar-refractivity contribution in [3.8, 4) is 5.69 Å². The standard InChI is InChI=1S/C15H16ClN3O4S/c1-10-14(8-17-19(10)13-4-2-12(16)3-5-13)24(22,23)18-7-6-11(9-18)15(20)21/h2-5,8,11H,6-7,9H2,1H3,(H,20,21). The summed E-state index contributed by atoms with van der Waals surface area (Å²) < 4.78 is 28.3. The van der Waals surface area contributed by atoms with Crippen molar-refractivity contribution in [2.24, 2.45) is 5.92 Å². The van der Waals surface area contributed by atoms with E-state index >= 15 is 0 Å². The van der Waals surface area contributed by atoms with E-state index in [2.05, 4.69) is 5.10 Å². The first kappa shape index (κ1) is 16.9. The Morgan fingerprint density at radius 1 is 1.33 bits per heavy atom. The fourth-order valence-electron chi connectivity index (χ4n) is 2.78. The molecule has 1 N–H and O–H groups in total. The minimum Gasteiger partial charge on any atom is -0.481 e. The Hall–Kier alpha value is -1.90. The summed E-state index contributed by atoms with van der Waals surface area (Å²) in [5, 5.41) is 13.8. The van der Waals surface area contributed by atoms with Crippen LogP contribution >= 0.6 is 11.6 Å². The van der Waals surface area contributed by atoms with E-state index in [-0.39, 0.29) is 18.0 Å². The number of carbonyl (C=O) groups is 1. The molecule has 1 unspecified atom stereocenters. The zero-order valence-electron chi connectivity index (χ0n) is 12.9. The molecular weight excluding hydrogens is 354 g/mol. The molecule has 1 fully saturated rings. The van der Waals surface area contributed by atoms with Gasteiger partial charge < -0.3 is 5.11 Å². The van der Waals surface area contributed by atoms with E-state index in [9.17, 15) is 13.2 Å². The lowest BCUT2D eigenvalue weighted by Gasteiger charge is -2.15. The molecule has 1 saturated heterocycles. The Morgan fingerprint density at radius 3 is 2.58 bits per heavy atom. The number of aliphatic carboxylic acids is 1. The van der Waals surface area contributed by atoms with E-state index < -0.39 is 21.9 Å². The van der Waals surface area contributed by atoms with Gasteiger partial charge in [-0.3, -0.25) is 4.79 Å². The Morgan fingerprint density at radius 2 is 2.00 bits per heavy atom. The molecule has 1 atom stereocenters. The number of hydrogen-bond donors (Lipinski definition) is 1. The van der Waals surface area contributed by atoms with Crippen LogP contribution in [-0.4, -0.2) is 46.7 Å². The van der Waals surface area contributed by atoms with Gasteiger partial charge in [0.1, 0.15) is 4.90 Å². The maximum absolute atomic E-state index is 12.8. The number of rotatable bonds is 4. The number of carboxylic acid groups (broad SMARTS) is 1. The summed E-state index contributed by atoms with van der Waals surface area (Å²) in [6.45, 7) is 1.85. The molecule has 0 radical (unpaired) electrons. The van der Waals surface area contributed by atoms with Gasteiger partial charge in [-0.1, -0.05) is 11.6 Å². The van der Waals surface area contributed by atoms with Crippen LogP contribution in [0.15, 0.2) is 35.4 Å². The summed E-state index contributed by atoms with van der Waals surface area (Å²) in [6.07, 6.45) is 1.62. The second kappa shape index (κ2) is 6.19. The first-order valence-electron chi connectivity index (χ1n) is 7.34. The molecule has 2 heterocycles. The van der Waals surface area contributed by atoms with Crippen LogP contribution in [0.5, 0.6) is 0 Å². The van der Waals surface area contributed by atoms with Crippen LogP contribution in [0.25, 0.3) is 5.69 Å². The second-order valence-electron chi connectivity index (χ2n) is 5.67. The molecule has 1 aliphatic rings. The predicted molar refractivity (Wildman–Crippen MR) is 87.8 cm³/mol. The van der Waals surface area contributed by atoms with Crippen LogP contribution in [0.3, 0.4) is 0 Å². The lowest BCUT2D eigenvalue weighted by Crippen LogP contribution is -2.30. The summed E-state index contributed by atoms with van der Waals surface area (Å²) in [5.41, 5.74) is 1.17. The highest BCUT2D eigenvalue weighted by atomic mass is 35.5. The van der Waals surface area contributed by atoms with Crippen molar-refractivity contribution in [3.05, 3.63) is 41.2 Å². The maximum atomic E-state index is 12.8. The first-order valence-corrected chi connectivity index (χ1v) is 9.16. The van der Waals surface area contributed by atoms with Gasteiger partial charge in [-0.05, 0) is 37.6 Å². The van der Waals surface area contributed by atoms with Gasteiger partial charge in [0.2, 0.25) is 10.0 Å². The SMILES string of the molecule is Cc1c(S(=O)(=O)N2CCC(C(=O)O)C2)cnn1-c1ccc(Cl)cc1. The van der Waals surface area contributed by atoms with Gasteiger partial charge in [-0.25, -0.2) is 13.1 Å². The average Bonchev–Trinajstić information content (AvgIpc) is 3.16. The summed E-state index contributed by atoms with van der Waals surface area (Å²) in [5.74, 6) is -1.63. The van der Waals surface area contributed by atoms with Gasteiger partial charge in [-0.15, -0.1) is 0 Å². The number of sulfonamides is 1. The van der Waals surface area contributed by atoms with Crippen molar-refractivity contribution < 1.29 is 18.3 Å². The van der Waals surface area contributed by atoms with Crippen LogP contribution in [0.4, 0.5) is 0 Å². The molecule has 0 saturated carbocycles. The summed E-state index contributed by atoms with van der Waals surface area (Å²) in [7, 11) is -3.77. The fraction of sp³-hybridized carbons (Fsp3) is 0.333. The average molecular weight is 370 g/mol. The molecular formula is C15H16ClN3O4S. The van der Waals surface area contributed by atoms with Gasteiger partial charge in [0.15, 0.2) is 0 Å². The Bertz CT molecular complexity index is 877. The summed E-state index contributed by atoms with van der Waals surface area (Å²) >= 11 is 5.86. The van der Waals surface area contributed by atoms with E-state index in [0.29, 0.717) is 22.8 Å². The Labute approximate surface area is 144 Å². The highest BCUT2D eigenvalue weighted by Gasteiger charge is 2.37. The summed E-state index contributed by atoms with van der Waals surface area (Å²) in [4.78, 5) is 11.1. The molecule has 0 spiro atoms. The number of nitrogens with zero attached hydrogens (tertiary/aromatic N) is 3. The van der Waals surface area contributed by atoms with Crippen LogP contribution in [0, 0.1) is 12.8 Å². The van der Waals surface area contributed by atoms with E-state index in [1.54, 1.807) is 31.2 Å². The third kappa shape index (κ3) is 2.92. The minimum absolute atomic E-state index is 0.0107. The number of carboxylic acids is 1. The topological polar surface area (TPSA) is 92.5 Å². The van der Waals surface area contributed by atoms with Gasteiger partial charge in [0, 0.05) is 18.1 Å². The highest BCUT2D eigenvalue weighted by Crippen LogP contribution is 2.27. The smallest absolute Gasteiger partial charge is 0.307 e. The molecule has 2 aromatic rings. The predicted octanol–water partition coefficient (Wildman–Crippen LogP) is 1.93. The van der Waals surface area contributed by atoms with Crippen molar-refractivity contribution in [2.45, 2.75) is 18.2 Å². The Kier molecular flexibility index (Phi) is 4.37. The summed E-state index contributed by atoms with van der Waals surface area (Å²) in [6, 6.07) is 6.89. The van der Waals surface area contributed by atoms with Crippen LogP contribution in [0.2, 0.25) is 5.02 Å². The normalized spacial score (nSPS) is 18.8. The molecule has 128 valence electrons. The lowest BCUT2D eigenvalue weighted by molar-refractivity contribution is -0.141. The van der Waals surface area contributed by atoms with Crippen molar-refractivity contribution in [1.29, 1.82) is 0 Å². The minimum atomic E-state index is -3.77. The van der Waals surface area contributed by atoms with Crippen LogP contribution in [0.1, 0.15) is 12.1 Å². The van der Waals surface area contributed by atoms with Gasteiger partial charge in [0.05, 0.1) is 23.5 Å². The molecule has 0 amide bonds. The molecule has 7 nitrogen and oxygen atoms in total. The van der Waals surface area contributed by atoms with E-state index in [1.807, 2.05) is 0 Å². The molecule has 24 heavy (non-hydrogen) atoms. The van der Waals surface area contributed by atoms with Crippen molar-refractivity contribution in [2.75, 3.05) is 13.1 Å². The molecule has 9 heteroatoms. The largest absolute Gasteiger partial charge is 0.481 e. The monoisotopic (exact) mass is 369 g/mol. The molecule has 1 aromatic heterocycles. The van der Waals surface area contributed by atoms with Crippen LogP contribution in [-0.2, 0) is 14.8 Å². The molecule has 3 rings (SSSR count). The zero-order chi connectivity index (χ0) is 17.5.